The summed E-state index contributed by atoms with van der Waals surface area (Å²) in [5.74, 6) is 1.29. The third-order valence-electron chi connectivity index (χ3n) is 5.32. The first-order valence-electron chi connectivity index (χ1n) is 10.4. The summed E-state index contributed by atoms with van der Waals surface area (Å²) in [5, 5.41) is 12.7. The average molecular weight is 482 g/mol. The van der Waals surface area contributed by atoms with Gasteiger partial charge in [-0.1, -0.05) is 24.3 Å². The zero-order valence-electron chi connectivity index (χ0n) is 17.5. The molecule has 0 aliphatic carbocycles. The molecule has 0 N–H and O–H groups in total. The molecule has 3 aromatic heterocycles. The first-order chi connectivity index (χ1) is 16.6. The summed E-state index contributed by atoms with van der Waals surface area (Å²) < 4.78 is 8.31. The number of aromatic nitrogens is 2. The molecule has 0 spiro atoms. The Morgan fingerprint density at radius 2 is 1.38 bits per heavy atom. The smallest absolute Gasteiger partial charge is 0.269 e. The van der Waals surface area contributed by atoms with Gasteiger partial charge in [0.1, 0.15) is 21.5 Å². The van der Waals surface area contributed by atoms with Crippen molar-refractivity contribution in [3.63, 3.8) is 0 Å². The molecule has 0 bridgehead atoms. The number of nitrogens with zero attached hydrogens (tertiary/aromatic N) is 3. The summed E-state index contributed by atoms with van der Waals surface area (Å²) >= 11 is 3.24. The topological polar surface area (TPSA) is 82.1 Å². The van der Waals surface area contributed by atoms with E-state index in [1.54, 1.807) is 34.8 Å². The predicted molar refractivity (Wildman–Crippen MR) is 137 cm³/mol. The van der Waals surface area contributed by atoms with Crippen LogP contribution in [0.4, 0.5) is 5.69 Å². The molecule has 164 valence electrons. The molecule has 0 saturated carbocycles. The molecule has 0 amide bonds. The van der Waals surface area contributed by atoms with Crippen molar-refractivity contribution in [3.8, 4) is 11.3 Å². The van der Waals surface area contributed by atoms with Crippen molar-refractivity contribution >= 4 is 60.4 Å². The molecule has 0 aliphatic heterocycles. The van der Waals surface area contributed by atoms with Gasteiger partial charge in [0.2, 0.25) is 0 Å². The standard InChI is InChI=1S/C26H15N3O3S2/c30-29(31)17-11-9-16(10-12-17)22-14-13-18(32-22)15-19(25-27-20-5-1-3-7-23(20)33-25)26-28-21-6-2-4-8-24(21)34-26/h1-15H. The molecule has 0 radical (unpaired) electrons. The van der Waals surface area contributed by atoms with E-state index in [0.29, 0.717) is 11.5 Å². The van der Waals surface area contributed by atoms with Crippen LogP contribution in [0.25, 0.3) is 43.4 Å². The predicted octanol–water partition coefficient (Wildman–Crippen LogP) is 7.66. The number of furan rings is 1. The second-order valence-electron chi connectivity index (χ2n) is 7.54. The minimum Gasteiger partial charge on any atom is -0.457 e. The first-order valence-corrected chi connectivity index (χ1v) is 12.1. The van der Waals surface area contributed by atoms with Crippen molar-refractivity contribution in [2.75, 3.05) is 0 Å². The molecule has 3 aromatic carbocycles. The fourth-order valence-corrected chi connectivity index (χ4v) is 5.70. The average Bonchev–Trinajstić information content (AvgIpc) is 3.60. The van der Waals surface area contributed by atoms with Gasteiger partial charge in [-0.2, -0.15) is 0 Å². The zero-order valence-corrected chi connectivity index (χ0v) is 19.2. The zero-order chi connectivity index (χ0) is 23.1. The van der Waals surface area contributed by atoms with Crippen LogP contribution in [0.5, 0.6) is 0 Å². The molecular weight excluding hydrogens is 466 g/mol. The lowest BCUT2D eigenvalue weighted by Gasteiger charge is -2.00. The van der Waals surface area contributed by atoms with Gasteiger partial charge in [0.15, 0.2) is 0 Å². The Morgan fingerprint density at radius 3 is 1.94 bits per heavy atom. The highest BCUT2D eigenvalue weighted by atomic mass is 32.1. The maximum atomic E-state index is 10.9. The third-order valence-corrected chi connectivity index (χ3v) is 7.46. The van der Waals surface area contributed by atoms with Gasteiger partial charge in [-0.3, -0.25) is 10.1 Å². The number of benzene rings is 3. The van der Waals surface area contributed by atoms with E-state index in [1.807, 2.05) is 54.6 Å². The Morgan fingerprint density at radius 1 is 0.794 bits per heavy atom. The number of nitro groups is 1. The maximum absolute atomic E-state index is 10.9. The van der Waals surface area contributed by atoms with Gasteiger partial charge in [-0.15, -0.1) is 22.7 Å². The quantitative estimate of drug-likeness (QED) is 0.186. The largest absolute Gasteiger partial charge is 0.457 e. The molecule has 6 aromatic rings. The second-order valence-corrected chi connectivity index (χ2v) is 9.60. The van der Waals surface area contributed by atoms with Crippen LogP contribution in [0.3, 0.4) is 0 Å². The van der Waals surface area contributed by atoms with Gasteiger partial charge < -0.3 is 4.42 Å². The summed E-state index contributed by atoms with van der Waals surface area (Å²) in [6, 6.07) is 26.2. The number of rotatable bonds is 5. The highest BCUT2D eigenvalue weighted by Gasteiger charge is 2.17. The number of para-hydroxylation sites is 2. The van der Waals surface area contributed by atoms with E-state index in [-0.39, 0.29) is 5.69 Å². The van der Waals surface area contributed by atoms with Crippen LogP contribution in [0.15, 0.2) is 89.3 Å². The summed E-state index contributed by atoms with van der Waals surface area (Å²) in [6.45, 7) is 0. The van der Waals surface area contributed by atoms with E-state index in [2.05, 4.69) is 12.1 Å². The molecule has 34 heavy (non-hydrogen) atoms. The van der Waals surface area contributed by atoms with E-state index in [9.17, 15) is 10.1 Å². The summed E-state index contributed by atoms with van der Waals surface area (Å²) in [4.78, 5) is 20.2. The molecule has 0 atom stereocenters. The highest BCUT2D eigenvalue weighted by molar-refractivity contribution is 7.22. The minimum absolute atomic E-state index is 0.0457. The van der Waals surface area contributed by atoms with Crippen LogP contribution >= 0.6 is 22.7 Å². The van der Waals surface area contributed by atoms with E-state index in [1.165, 1.54) is 12.1 Å². The summed E-state index contributed by atoms with van der Waals surface area (Å²) in [7, 11) is 0. The number of hydrogen-bond acceptors (Lipinski definition) is 7. The fraction of sp³-hybridized carbons (Fsp3) is 0. The van der Waals surface area contributed by atoms with Crippen LogP contribution in [0.1, 0.15) is 15.8 Å². The molecule has 0 aliphatic rings. The van der Waals surface area contributed by atoms with Crippen LogP contribution in [0.2, 0.25) is 0 Å². The van der Waals surface area contributed by atoms with Crippen molar-refractivity contribution in [2.45, 2.75) is 0 Å². The first kappa shape index (κ1) is 20.5. The molecule has 6 nitrogen and oxygen atoms in total. The van der Waals surface area contributed by atoms with Crippen LogP contribution in [-0.2, 0) is 0 Å². The van der Waals surface area contributed by atoms with Gasteiger partial charge in [0.25, 0.3) is 5.69 Å². The number of hydrogen-bond donors (Lipinski definition) is 0. The Hall–Kier alpha value is -4.14. The molecule has 8 heteroatoms. The van der Waals surface area contributed by atoms with Gasteiger partial charge in [0.05, 0.1) is 30.9 Å². The minimum atomic E-state index is -0.414. The Balaban J connectivity index is 1.45. The van der Waals surface area contributed by atoms with E-state index in [0.717, 1.165) is 41.6 Å². The maximum Gasteiger partial charge on any atom is 0.269 e. The fourth-order valence-electron chi connectivity index (χ4n) is 3.67. The van der Waals surface area contributed by atoms with Crippen LogP contribution < -0.4 is 0 Å². The number of fused-ring (bicyclic) bond motifs is 2. The lowest BCUT2D eigenvalue weighted by molar-refractivity contribution is -0.384. The monoisotopic (exact) mass is 481 g/mol. The lowest BCUT2D eigenvalue weighted by atomic mass is 10.1. The molecule has 6 rings (SSSR count). The van der Waals surface area contributed by atoms with Crippen molar-refractivity contribution in [2.24, 2.45) is 0 Å². The molecular formula is C26H15N3O3S2. The van der Waals surface area contributed by atoms with Crippen LogP contribution in [-0.4, -0.2) is 14.9 Å². The number of thiazole rings is 2. The SMILES string of the molecule is O=[N+]([O-])c1ccc(-c2ccc(C=C(c3nc4ccccc4s3)c3nc4ccccc4s3)o2)cc1. The van der Waals surface area contributed by atoms with E-state index in [4.69, 9.17) is 14.4 Å². The Labute approximate surface area is 201 Å². The molecule has 0 unspecified atom stereocenters. The second kappa shape index (κ2) is 8.33. The Bertz CT molecular complexity index is 1550. The van der Waals surface area contributed by atoms with Crippen molar-refractivity contribution in [1.82, 2.24) is 9.97 Å². The van der Waals surface area contributed by atoms with Gasteiger partial charge >= 0.3 is 0 Å². The summed E-state index contributed by atoms with van der Waals surface area (Å²) in [6.07, 6.45) is 1.96. The van der Waals surface area contributed by atoms with Crippen molar-refractivity contribution < 1.29 is 9.34 Å². The van der Waals surface area contributed by atoms with Crippen LogP contribution in [0, 0.1) is 10.1 Å². The third kappa shape index (κ3) is 3.79. The van der Waals surface area contributed by atoms with E-state index < -0.39 is 4.92 Å². The normalized spacial score (nSPS) is 11.2. The molecule has 0 fully saturated rings. The van der Waals surface area contributed by atoms with Gasteiger partial charge in [-0.25, -0.2) is 9.97 Å². The highest BCUT2D eigenvalue weighted by Crippen LogP contribution is 2.37. The van der Waals surface area contributed by atoms with Gasteiger partial charge in [0, 0.05) is 17.7 Å². The van der Waals surface area contributed by atoms with Gasteiger partial charge in [-0.05, 0) is 54.6 Å². The molecule has 0 saturated heterocycles. The lowest BCUT2D eigenvalue weighted by Crippen LogP contribution is -1.87. The van der Waals surface area contributed by atoms with E-state index >= 15 is 0 Å². The van der Waals surface area contributed by atoms with Crippen molar-refractivity contribution in [1.29, 1.82) is 0 Å². The number of nitro benzene ring substituents is 1. The Kier molecular flexibility index (Phi) is 5.01. The molecule has 3 heterocycles. The van der Waals surface area contributed by atoms with Crippen molar-refractivity contribution in [3.05, 3.63) is 111 Å². The summed E-state index contributed by atoms with van der Waals surface area (Å²) in [5.41, 5.74) is 3.60. The number of non-ortho nitro benzene ring substituents is 1.